The maximum absolute atomic E-state index is 14.4. The lowest BCUT2D eigenvalue weighted by Crippen LogP contribution is -2.40. The standard InChI is InChI=1S/C35H37N3O6S/c1-6-43-34(40)30-31(23-11-8-7-9-12-23)36-35-38(32(30)27-19-25(41-4)14-15-28(27)42-5)33(39)29(45-35)18-24-17-21(2)37(22(24)3)20-26-13-10-16-44-26/h7-9,11-12,14-15,17-19,26,32H,6,10,13,16,20H2,1-5H3/b29-18-/t26-,32-/m1/s1. The summed E-state index contributed by atoms with van der Waals surface area (Å²) in [5.74, 6) is 0.513. The lowest BCUT2D eigenvalue weighted by molar-refractivity contribution is -0.138. The van der Waals surface area contributed by atoms with Crippen LogP contribution in [0.2, 0.25) is 0 Å². The number of esters is 1. The molecule has 4 heterocycles. The van der Waals surface area contributed by atoms with Crippen molar-refractivity contribution in [2.75, 3.05) is 27.4 Å². The average Bonchev–Trinajstić information content (AvgIpc) is 3.75. The Balaban J connectivity index is 1.60. The van der Waals surface area contributed by atoms with Gasteiger partial charge in [0.05, 0.1) is 42.7 Å². The van der Waals surface area contributed by atoms with Gasteiger partial charge in [-0.3, -0.25) is 9.36 Å². The lowest BCUT2D eigenvalue weighted by atomic mass is 9.92. The Labute approximate surface area is 265 Å². The summed E-state index contributed by atoms with van der Waals surface area (Å²) >= 11 is 1.30. The maximum Gasteiger partial charge on any atom is 0.338 e. The number of fused-ring (bicyclic) bond motifs is 1. The Hall–Kier alpha value is -4.41. The van der Waals surface area contributed by atoms with E-state index in [1.54, 1.807) is 43.9 Å². The average molecular weight is 628 g/mol. The molecule has 2 aliphatic rings. The van der Waals surface area contributed by atoms with Crippen molar-refractivity contribution in [2.24, 2.45) is 4.99 Å². The number of carbonyl (C=O) groups is 1. The normalized spacial score (nSPS) is 18.1. The van der Waals surface area contributed by atoms with Gasteiger partial charge in [-0.1, -0.05) is 41.7 Å². The number of carbonyl (C=O) groups excluding carboxylic acids is 1. The van der Waals surface area contributed by atoms with Gasteiger partial charge in [0.15, 0.2) is 4.80 Å². The van der Waals surface area contributed by atoms with Crippen LogP contribution in [0.5, 0.6) is 11.5 Å². The van der Waals surface area contributed by atoms with Gasteiger partial charge in [0, 0.05) is 35.7 Å². The van der Waals surface area contributed by atoms with E-state index in [1.807, 2.05) is 36.4 Å². The van der Waals surface area contributed by atoms with Crippen LogP contribution in [0.25, 0.3) is 11.8 Å². The molecule has 4 aromatic rings. The maximum atomic E-state index is 14.4. The van der Waals surface area contributed by atoms with E-state index in [4.69, 9.17) is 23.9 Å². The van der Waals surface area contributed by atoms with Crippen molar-refractivity contribution in [3.8, 4) is 11.5 Å². The minimum Gasteiger partial charge on any atom is -0.497 e. The molecular formula is C35H37N3O6S. The number of hydrogen-bond donors (Lipinski definition) is 0. The second kappa shape index (κ2) is 12.9. The number of hydrogen-bond acceptors (Lipinski definition) is 8. The van der Waals surface area contributed by atoms with Gasteiger partial charge in [0.2, 0.25) is 0 Å². The summed E-state index contributed by atoms with van der Waals surface area (Å²) in [6.07, 6.45) is 4.25. The Morgan fingerprint density at radius 1 is 1.11 bits per heavy atom. The Morgan fingerprint density at radius 3 is 2.60 bits per heavy atom. The number of methoxy groups -OCH3 is 2. The largest absolute Gasteiger partial charge is 0.497 e. The van der Waals surface area contributed by atoms with Crippen molar-refractivity contribution < 1.29 is 23.7 Å². The van der Waals surface area contributed by atoms with Crippen LogP contribution in [0.15, 0.2) is 70.0 Å². The van der Waals surface area contributed by atoms with Gasteiger partial charge in [-0.15, -0.1) is 0 Å². The molecule has 234 valence electrons. The second-order valence-corrected chi connectivity index (χ2v) is 12.1. The number of nitrogens with zero attached hydrogens (tertiary/aromatic N) is 3. The van der Waals surface area contributed by atoms with Crippen LogP contribution >= 0.6 is 11.3 Å². The van der Waals surface area contributed by atoms with E-state index in [0.717, 1.165) is 48.5 Å². The third-order valence-corrected chi connectivity index (χ3v) is 9.40. The van der Waals surface area contributed by atoms with E-state index >= 15 is 0 Å². The summed E-state index contributed by atoms with van der Waals surface area (Å²) in [7, 11) is 3.14. The van der Waals surface area contributed by atoms with Crippen molar-refractivity contribution in [1.29, 1.82) is 0 Å². The molecule has 0 saturated carbocycles. The van der Waals surface area contributed by atoms with Gasteiger partial charge in [0.25, 0.3) is 5.56 Å². The molecule has 1 fully saturated rings. The van der Waals surface area contributed by atoms with E-state index in [-0.39, 0.29) is 23.8 Å². The van der Waals surface area contributed by atoms with E-state index in [9.17, 15) is 9.59 Å². The van der Waals surface area contributed by atoms with Crippen molar-refractivity contribution in [1.82, 2.24) is 9.13 Å². The van der Waals surface area contributed by atoms with Gasteiger partial charge >= 0.3 is 5.97 Å². The van der Waals surface area contributed by atoms with Crippen molar-refractivity contribution in [2.45, 2.75) is 52.3 Å². The summed E-state index contributed by atoms with van der Waals surface area (Å²) in [6.45, 7) is 7.65. The molecular weight excluding hydrogens is 590 g/mol. The van der Waals surface area contributed by atoms with Gasteiger partial charge < -0.3 is 23.5 Å². The van der Waals surface area contributed by atoms with E-state index in [2.05, 4.69) is 24.5 Å². The fourth-order valence-corrected chi connectivity index (χ4v) is 7.17. The topological polar surface area (TPSA) is 93.3 Å². The summed E-state index contributed by atoms with van der Waals surface area (Å²) < 4.78 is 27.2. The molecule has 2 atom stereocenters. The highest BCUT2D eigenvalue weighted by Crippen LogP contribution is 2.40. The molecule has 2 aromatic heterocycles. The highest BCUT2D eigenvalue weighted by Gasteiger charge is 2.37. The van der Waals surface area contributed by atoms with E-state index in [0.29, 0.717) is 32.1 Å². The third-order valence-electron chi connectivity index (χ3n) is 8.41. The first-order chi connectivity index (χ1) is 21.8. The van der Waals surface area contributed by atoms with Gasteiger partial charge in [-0.25, -0.2) is 9.79 Å². The van der Waals surface area contributed by atoms with Crippen LogP contribution in [0, 0.1) is 13.8 Å². The van der Waals surface area contributed by atoms with Gasteiger partial charge in [-0.2, -0.15) is 0 Å². The number of thiazole rings is 1. The molecule has 10 heteroatoms. The first kappa shape index (κ1) is 30.6. The van der Waals surface area contributed by atoms with Crippen LogP contribution in [0.4, 0.5) is 0 Å². The smallest absolute Gasteiger partial charge is 0.338 e. The minimum atomic E-state index is -0.880. The number of aryl methyl sites for hydroxylation is 1. The molecule has 0 aliphatic carbocycles. The molecule has 2 aliphatic heterocycles. The molecule has 1 saturated heterocycles. The molecule has 0 N–H and O–H groups in total. The number of benzene rings is 2. The predicted octanol–water partition coefficient (Wildman–Crippen LogP) is 4.55. The van der Waals surface area contributed by atoms with Crippen LogP contribution in [-0.2, 0) is 20.8 Å². The molecule has 0 amide bonds. The second-order valence-electron chi connectivity index (χ2n) is 11.1. The summed E-state index contributed by atoms with van der Waals surface area (Å²) in [5.41, 5.74) is 4.91. The molecule has 0 spiro atoms. The summed E-state index contributed by atoms with van der Waals surface area (Å²) in [4.78, 5) is 33.7. The summed E-state index contributed by atoms with van der Waals surface area (Å²) in [5, 5.41) is 0. The van der Waals surface area contributed by atoms with Crippen molar-refractivity contribution >= 4 is 29.1 Å². The van der Waals surface area contributed by atoms with Crippen LogP contribution in [-0.4, -0.2) is 48.6 Å². The molecule has 45 heavy (non-hydrogen) atoms. The molecule has 0 radical (unpaired) electrons. The first-order valence-corrected chi connectivity index (χ1v) is 15.9. The molecule has 2 aromatic carbocycles. The minimum absolute atomic E-state index is 0.165. The Kier molecular flexibility index (Phi) is 8.78. The van der Waals surface area contributed by atoms with Crippen LogP contribution in [0.1, 0.15) is 53.9 Å². The van der Waals surface area contributed by atoms with E-state index < -0.39 is 12.0 Å². The van der Waals surface area contributed by atoms with Crippen molar-refractivity contribution in [3.05, 3.63) is 108 Å². The SMILES string of the molecule is CCOC(=O)C1=C(c2ccccc2)N=c2s/c(=C\c3cc(C)n(C[C@H]4CCCO4)c3C)c(=O)n2[C@@H]1c1cc(OC)ccc1OC. The predicted molar refractivity (Wildman–Crippen MR) is 173 cm³/mol. The van der Waals surface area contributed by atoms with Crippen LogP contribution in [0.3, 0.4) is 0 Å². The van der Waals surface area contributed by atoms with Crippen molar-refractivity contribution in [3.63, 3.8) is 0 Å². The fraction of sp³-hybridized carbons (Fsp3) is 0.343. The van der Waals surface area contributed by atoms with Crippen LogP contribution < -0.4 is 24.4 Å². The molecule has 6 rings (SSSR count). The number of aromatic nitrogens is 2. The zero-order valence-electron chi connectivity index (χ0n) is 26.2. The molecule has 0 unspecified atom stereocenters. The zero-order valence-corrected chi connectivity index (χ0v) is 27.0. The highest BCUT2D eigenvalue weighted by atomic mass is 32.1. The third kappa shape index (κ3) is 5.76. The quantitative estimate of drug-likeness (QED) is 0.253. The highest BCUT2D eigenvalue weighted by molar-refractivity contribution is 7.07. The summed E-state index contributed by atoms with van der Waals surface area (Å²) in [6, 6.07) is 16.1. The van der Waals surface area contributed by atoms with Gasteiger partial charge in [-0.05, 0) is 69.5 Å². The van der Waals surface area contributed by atoms with E-state index in [1.165, 1.54) is 11.3 Å². The van der Waals surface area contributed by atoms with Gasteiger partial charge in [0.1, 0.15) is 17.5 Å². The Bertz CT molecular complexity index is 1950. The number of rotatable bonds is 9. The lowest BCUT2D eigenvalue weighted by Gasteiger charge is -2.27. The molecule has 0 bridgehead atoms. The monoisotopic (exact) mass is 627 g/mol. The molecule has 9 nitrogen and oxygen atoms in total. The first-order valence-electron chi connectivity index (χ1n) is 15.1. The number of ether oxygens (including phenoxy) is 4. The zero-order chi connectivity index (χ0) is 31.7. The fourth-order valence-electron chi connectivity index (χ4n) is 6.18. The Morgan fingerprint density at radius 2 is 1.91 bits per heavy atom.